The lowest BCUT2D eigenvalue weighted by molar-refractivity contribution is 0.126. The number of nitrogens with one attached hydrogen (secondary N) is 1. The quantitative estimate of drug-likeness (QED) is 0.931. The van der Waals surface area contributed by atoms with E-state index < -0.39 is 0 Å². The van der Waals surface area contributed by atoms with Gasteiger partial charge < -0.3 is 19.2 Å². The van der Waals surface area contributed by atoms with Gasteiger partial charge in [-0.05, 0) is 32.9 Å². The first-order valence-electron chi connectivity index (χ1n) is 8.27. The summed E-state index contributed by atoms with van der Waals surface area (Å²) in [6.45, 7) is 9.51. The van der Waals surface area contributed by atoms with Crippen molar-refractivity contribution in [3.63, 3.8) is 0 Å². The summed E-state index contributed by atoms with van der Waals surface area (Å²) < 4.78 is 10.8. The molecule has 0 bridgehead atoms. The van der Waals surface area contributed by atoms with E-state index in [1.54, 1.807) is 0 Å². The molecular formula is C17H24N4O3. The van der Waals surface area contributed by atoms with Crippen LogP contribution in [0.15, 0.2) is 27.1 Å². The third-order valence-corrected chi connectivity index (χ3v) is 4.24. The molecule has 0 aliphatic carbocycles. The first-order chi connectivity index (χ1) is 11.5. The maximum absolute atomic E-state index is 12.4. The topological polar surface area (TPSA) is 74.8 Å². The van der Waals surface area contributed by atoms with Crippen LogP contribution in [0, 0.1) is 13.8 Å². The molecule has 0 unspecified atom stereocenters. The van der Waals surface area contributed by atoms with Crippen molar-refractivity contribution >= 4 is 6.03 Å². The lowest BCUT2D eigenvalue weighted by Crippen LogP contribution is -2.51. The van der Waals surface area contributed by atoms with E-state index in [-0.39, 0.29) is 12.1 Å². The molecule has 1 aliphatic heterocycles. The van der Waals surface area contributed by atoms with E-state index in [1.165, 1.54) is 0 Å². The van der Waals surface area contributed by atoms with E-state index in [4.69, 9.17) is 8.94 Å². The number of hydrogen-bond acceptors (Lipinski definition) is 5. The molecule has 0 saturated carbocycles. The van der Waals surface area contributed by atoms with Gasteiger partial charge in [0, 0.05) is 32.2 Å². The zero-order valence-electron chi connectivity index (χ0n) is 14.4. The molecule has 1 fully saturated rings. The zero-order chi connectivity index (χ0) is 17.1. The molecule has 1 N–H and O–H groups in total. The van der Waals surface area contributed by atoms with Gasteiger partial charge in [-0.3, -0.25) is 4.90 Å². The molecule has 24 heavy (non-hydrogen) atoms. The lowest BCUT2D eigenvalue weighted by atomic mass is 10.2. The van der Waals surface area contributed by atoms with Crippen LogP contribution in [-0.4, -0.2) is 47.2 Å². The molecule has 1 aliphatic rings. The van der Waals surface area contributed by atoms with Crippen molar-refractivity contribution < 1.29 is 13.7 Å². The molecule has 2 amide bonds. The Bertz CT molecular complexity index is 686. The van der Waals surface area contributed by atoms with Crippen molar-refractivity contribution in [2.45, 2.75) is 33.4 Å². The maximum Gasteiger partial charge on any atom is 0.318 e. The van der Waals surface area contributed by atoms with Crippen LogP contribution < -0.4 is 5.32 Å². The number of piperazine rings is 1. The fourth-order valence-corrected chi connectivity index (χ4v) is 2.85. The van der Waals surface area contributed by atoms with Gasteiger partial charge in [0.25, 0.3) is 0 Å². The number of nitrogens with zero attached hydrogens (tertiary/aromatic N) is 3. The molecule has 3 heterocycles. The van der Waals surface area contributed by atoms with Crippen LogP contribution >= 0.6 is 0 Å². The fraction of sp³-hybridized carbons (Fsp3) is 0.529. The van der Waals surface area contributed by atoms with Gasteiger partial charge in [-0.25, -0.2) is 4.79 Å². The lowest BCUT2D eigenvalue weighted by Gasteiger charge is -2.34. The molecular weight excluding hydrogens is 308 g/mol. The van der Waals surface area contributed by atoms with Gasteiger partial charge >= 0.3 is 6.03 Å². The average molecular weight is 332 g/mol. The van der Waals surface area contributed by atoms with Gasteiger partial charge in [0.15, 0.2) is 5.76 Å². The second-order valence-corrected chi connectivity index (χ2v) is 6.32. The summed E-state index contributed by atoms with van der Waals surface area (Å²) in [6, 6.07) is 5.57. The summed E-state index contributed by atoms with van der Waals surface area (Å²) >= 11 is 0. The zero-order valence-corrected chi connectivity index (χ0v) is 14.4. The summed E-state index contributed by atoms with van der Waals surface area (Å²) in [4.78, 5) is 16.5. The van der Waals surface area contributed by atoms with Gasteiger partial charge in [-0.2, -0.15) is 0 Å². The van der Waals surface area contributed by atoms with E-state index in [0.717, 1.165) is 42.6 Å². The highest BCUT2D eigenvalue weighted by atomic mass is 16.5. The largest absolute Gasteiger partial charge is 0.464 e. The van der Waals surface area contributed by atoms with E-state index in [2.05, 4.69) is 15.4 Å². The average Bonchev–Trinajstić information content (AvgIpc) is 3.16. The number of carbonyl (C=O) groups excluding carboxylic acids is 1. The number of urea groups is 1. The third kappa shape index (κ3) is 3.97. The monoisotopic (exact) mass is 332 g/mol. The molecule has 0 spiro atoms. The van der Waals surface area contributed by atoms with Gasteiger partial charge in [-0.1, -0.05) is 5.16 Å². The van der Waals surface area contributed by atoms with Gasteiger partial charge in [-0.15, -0.1) is 0 Å². The molecule has 2 aromatic heterocycles. The van der Waals surface area contributed by atoms with Crippen molar-refractivity contribution in [1.29, 1.82) is 0 Å². The van der Waals surface area contributed by atoms with Crippen LogP contribution in [0.5, 0.6) is 0 Å². The predicted molar refractivity (Wildman–Crippen MR) is 88.5 cm³/mol. The number of aryl methyl sites for hydroxylation is 2. The Kier molecular flexibility index (Phi) is 4.89. The summed E-state index contributed by atoms with van der Waals surface area (Å²) in [6.07, 6.45) is 0. The SMILES string of the molecule is Cc1cc(CN2CCN(C(=O)N[C@H](C)c3ccc(C)o3)CC2)on1. The van der Waals surface area contributed by atoms with Crippen molar-refractivity contribution in [3.8, 4) is 0 Å². The molecule has 7 nitrogen and oxygen atoms in total. The molecule has 0 radical (unpaired) electrons. The van der Waals surface area contributed by atoms with E-state index in [0.29, 0.717) is 13.1 Å². The van der Waals surface area contributed by atoms with Crippen LogP contribution in [0.1, 0.15) is 35.9 Å². The van der Waals surface area contributed by atoms with Crippen molar-refractivity contribution in [1.82, 2.24) is 20.3 Å². The Morgan fingerprint density at radius 1 is 1.29 bits per heavy atom. The Balaban J connectivity index is 1.46. The van der Waals surface area contributed by atoms with Crippen molar-refractivity contribution in [2.75, 3.05) is 26.2 Å². The number of hydrogen-bond donors (Lipinski definition) is 1. The van der Waals surface area contributed by atoms with Crippen molar-refractivity contribution in [2.24, 2.45) is 0 Å². The third-order valence-electron chi connectivity index (χ3n) is 4.24. The molecule has 2 aromatic rings. The first-order valence-corrected chi connectivity index (χ1v) is 8.27. The smallest absolute Gasteiger partial charge is 0.318 e. The first kappa shape index (κ1) is 16.6. The maximum atomic E-state index is 12.4. The standard InChI is InChI=1S/C17H24N4O3/c1-12-10-15(24-19-12)11-20-6-8-21(9-7-20)17(22)18-14(3)16-5-4-13(2)23-16/h4-5,10,14H,6-9,11H2,1-3H3,(H,18,22)/t14-/m1/s1. The minimum atomic E-state index is -0.138. The normalized spacial score (nSPS) is 17.0. The minimum absolute atomic E-state index is 0.0493. The summed E-state index contributed by atoms with van der Waals surface area (Å²) in [5.74, 6) is 2.50. The van der Waals surface area contributed by atoms with Gasteiger partial charge in [0.05, 0.1) is 18.3 Å². The van der Waals surface area contributed by atoms with Crippen LogP contribution in [0.3, 0.4) is 0 Å². The van der Waals surface area contributed by atoms with Crippen LogP contribution in [-0.2, 0) is 6.54 Å². The van der Waals surface area contributed by atoms with Crippen LogP contribution in [0.2, 0.25) is 0 Å². The number of rotatable bonds is 4. The van der Waals surface area contributed by atoms with Crippen LogP contribution in [0.25, 0.3) is 0 Å². The summed E-state index contributed by atoms with van der Waals surface area (Å²) in [5, 5.41) is 6.90. The van der Waals surface area contributed by atoms with Gasteiger partial charge in [0.2, 0.25) is 0 Å². The Morgan fingerprint density at radius 3 is 2.62 bits per heavy atom. The predicted octanol–water partition coefficient (Wildman–Crippen LogP) is 2.47. The van der Waals surface area contributed by atoms with Crippen molar-refractivity contribution in [3.05, 3.63) is 41.2 Å². The van der Waals surface area contributed by atoms with E-state index in [1.807, 2.05) is 43.9 Å². The summed E-state index contributed by atoms with van der Waals surface area (Å²) in [5.41, 5.74) is 0.894. The number of amides is 2. The highest BCUT2D eigenvalue weighted by molar-refractivity contribution is 5.74. The van der Waals surface area contributed by atoms with E-state index in [9.17, 15) is 4.79 Å². The second kappa shape index (κ2) is 7.09. The second-order valence-electron chi connectivity index (χ2n) is 6.32. The number of aromatic nitrogens is 1. The Hall–Kier alpha value is -2.28. The highest BCUT2D eigenvalue weighted by Crippen LogP contribution is 2.16. The molecule has 1 atom stereocenters. The fourth-order valence-electron chi connectivity index (χ4n) is 2.85. The number of carbonyl (C=O) groups is 1. The molecule has 130 valence electrons. The summed E-state index contributed by atoms with van der Waals surface area (Å²) in [7, 11) is 0. The molecule has 7 heteroatoms. The minimum Gasteiger partial charge on any atom is -0.464 e. The molecule has 0 aromatic carbocycles. The van der Waals surface area contributed by atoms with E-state index >= 15 is 0 Å². The van der Waals surface area contributed by atoms with Gasteiger partial charge in [0.1, 0.15) is 11.5 Å². The van der Waals surface area contributed by atoms with Crippen LogP contribution in [0.4, 0.5) is 4.79 Å². The highest BCUT2D eigenvalue weighted by Gasteiger charge is 2.23. The Labute approximate surface area is 141 Å². The number of furan rings is 1. The Morgan fingerprint density at radius 2 is 2.04 bits per heavy atom. The molecule has 1 saturated heterocycles. The molecule has 3 rings (SSSR count).